The van der Waals surface area contributed by atoms with Gasteiger partial charge < -0.3 is 10.2 Å². The molecule has 2 aromatic rings. The Morgan fingerprint density at radius 3 is 3.08 bits per heavy atom. The van der Waals surface area contributed by atoms with Gasteiger partial charge in [0.1, 0.15) is 0 Å². The lowest BCUT2D eigenvalue weighted by Crippen LogP contribution is -1.77. The zero-order chi connectivity index (χ0) is 9.26. The molecule has 0 aliphatic carbocycles. The third kappa shape index (κ3) is 1.33. The van der Waals surface area contributed by atoms with Crippen molar-refractivity contribution < 1.29 is 5.21 Å². The van der Waals surface area contributed by atoms with Crippen LogP contribution in [0.5, 0.6) is 0 Å². The number of nitrogens with zero attached hydrogens (tertiary/aromatic N) is 1. The first-order valence-corrected chi connectivity index (χ1v) is 4.55. The van der Waals surface area contributed by atoms with Gasteiger partial charge in [0.15, 0.2) is 0 Å². The van der Waals surface area contributed by atoms with Crippen molar-refractivity contribution in [2.24, 2.45) is 5.16 Å². The molecule has 0 fully saturated rings. The van der Waals surface area contributed by atoms with Gasteiger partial charge in [0.05, 0.1) is 6.21 Å². The van der Waals surface area contributed by atoms with Crippen LogP contribution in [0.4, 0.5) is 0 Å². The van der Waals surface area contributed by atoms with Gasteiger partial charge in [0.2, 0.25) is 0 Å². The zero-order valence-electron chi connectivity index (χ0n) is 6.66. The molecule has 0 bridgehead atoms. The van der Waals surface area contributed by atoms with E-state index in [0.717, 1.165) is 20.9 Å². The molecular formula is C9H7BrN2O. The lowest BCUT2D eigenvalue weighted by molar-refractivity contribution is 0.322. The van der Waals surface area contributed by atoms with Gasteiger partial charge in [-0.05, 0) is 12.1 Å². The minimum absolute atomic E-state index is 0.866. The second kappa shape index (κ2) is 3.22. The highest BCUT2D eigenvalue weighted by atomic mass is 79.9. The normalized spacial score (nSPS) is 11.5. The Morgan fingerprint density at radius 1 is 1.46 bits per heavy atom. The molecule has 0 atom stereocenters. The summed E-state index contributed by atoms with van der Waals surface area (Å²) in [7, 11) is 0. The number of oxime groups is 1. The molecule has 0 saturated carbocycles. The number of benzene rings is 1. The highest BCUT2D eigenvalue weighted by Crippen LogP contribution is 2.25. The standard InChI is InChI=1S/C9H7BrN2O/c10-7-2-1-3-8-9(7)6(4-11-8)5-12-13/h1-5,11,13H. The number of rotatable bonds is 1. The van der Waals surface area contributed by atoms with E-state index in [0.29, 0.717) is 0 Å². The van der Waals surface area contributed by atoms with E-state index in [9.17, 15) is 0 Å². The lowest BCUT2D eigenvalue weighted by Gasteiger charge is -1.94. The molecule has 0 amide bonds. The Kier molecular flexibility index (Phi) is 2.06. The van der Waals surface area contributed by atoms with Crippen LogP contribution in [0.1, 0.15) is 5.56 Å². The summed E-state index contributed by atoms with van der Waals surface area (Å²) in [6.45, 7) is 0. The number of hydrogen-bond donors (Lipinski definition) is 2. The van der Waals surface area contributed by atoms with Gasteiger partial charge in [-0.25, -0.2) is 0 Å². The molecule has 0 unspecified atom stereocenters. The van der Waals surface area contributed by atoms with E-state index in [-0.39, 0.29) is 0 Å². The summed E-state index contributed by atoms with van der Waals surface area (Å²) in [4.78, 5) is 3.08. The van der Waals surface area contributed by atoms with Gasteiger partial charge >= 0.3 is 0 Å². The molecule has 13 heavy (non-hydrogen) atoms. The maximum atomic E-state index is 8.43. The highest BCUT2D eigenvalue weighted by molar-refractivity contribution is 9.10. The summed E-state index contributed by atoms with van der Waals surface area (Å²) < 4.78 is 0.987. The molecule has 0 aliphatic heterocycles. The van der Waals surface area contributed by atoms with Crippen molar-refractivity contribution in [2.75, 3.05) is 0 Å². The first-order chi connectivity index (χ1) is 6.33. The molecule has 2 N–H and O–H groups in total. The van der Waals surface area contributed by atoms with Gasteiger partial charge in [-0.1, -0.05) is 27.2 Å². The Bertz CT molecular complexity index is 462. The predicted octanol–water partition coefficient (Wildman–Crippen LogP) is 2.74. The fraction of sp³-hybridized carbons (Fsp3) is 0. The molecule has 4 heteroatoms. The van der Waals surface area contributed by atoms with Crippen LogP contribution < -0.4 is 0 Å². The molecule has 0 spiro atoms. The van der Waals surface area contributed by atoms with Crippen LogP contribution >= 0.6 is 15.9 Å². The fourth-order valence-electron chi connectivity index (χ4n) is 1.33. The minimum Gasteiger partial charge on any atom is -0.411 e. The van der Waals surface area contributed by atoms with E-state index in [1.54, 1.807) is 6.20 Å². The van der Waals surface area contributed by atoms with Crippen LogP contribution in [0.2, 0.25) is 0 Å². The van der Waals surface area contributed by atoms with Crippen molar-refractivity contribution in [1.82, 2.24) is 4.98 Å². The maximum absolute atomic E-state index is 8.43. The van der Waals surface area contributed by atoms with Gasteiger partial charge in [0.25, 0.3) is 0 Å². The van der Waals surface area contributed by atoms with Crippen molar-refractivity contribution in [3.05, 3.63) is 34.4 Å². The molecule has 0 saturated heterocycles. The topological polar surface area (TPSA) is 48.4 Å². The Morgan fingerprint density at radius 2 is 2.31 bits per heavy atom. The molecule has 1 heterocycles. The van der Waals surface area contributed by atoms with E-state index < -0.39 is 0 Å². The molecule has 66 valence electrons. The third-order valence-electron chi connectivity index (χ3n) is 1.88. The Labute approximate surface area is 83.2 Å². The summed E-state index contributed by atoms with van der Waals surface area (Å²) in [5.74, 6) is 0. The van der Waals surface area contributed by atoms with Gasteiger partial charge in [-0.2, -0.15) is 0 Å². The first kappa shape index (κ1) is 8.31. The molecule has 1 aromatic heterocycles. The maximum Gasteiger partial charge on any atom is 0.0755 e. The number of fused-ring (bicyclic) bond motifs is 1. The summed E-state index contributed by atoms with van der Waals surface area (Å²) >= 11 is 3.43. The van der Waals surface area contributed by atoms with E-state index in [1.165, 1.54) is 6.21 Å². The number of aromatic amines is 1. The van der Waals surface area contributed by atoms with Crippen LogP contribution in [-0.4, -0.2) is 16.4 Å². The quantitative estimate of drug-likeness (QED) is 0.448. The van der Waals surface area contributed by atoms with Gasteiger partial charge in [0, 0.05) is 27.1 Å². The molecule has 0 aliphatic rings. The summed E-state index contributed by atoms with van der Waals surface area (Å²) in [6.07, 6.45) is 3.21. The van der Waals surface area contributed by atoms with Gasteiger partial charge in [-0.15, -0.1) is 0 Å². The van der Waals surface area contributed by atoms with Crippen molar-refractivity contribution >= 4 is 33.0 Å². The van der Waals surface area contributed by atoms with E-state index in [1.807, 2.05) is 18.2 Å². The highest BCUT2D eigenvalue weighted by Gasteiger charge is 2.04. The molecule has 1 aromatic carbocycles. The van der Waals surface area contributed by atoms with Crippen molar-refractivity contribution in [1.29, 1.82) is 0 Å². The third-order valence-corrected chi connectivity index (χ3v) is 2.54. The molecule has 2 rings (SSSR count). The zero-order valence-corrected chi connectivity index (χ0v) is 8.25. The number of halogens is 1. The number of nitrogens with one attached hydrogen (secondary N) is 1. The average Bonchev–Trinajstić information content (AvgIpc) is 2.51. The van der Waals surface area contributed by atoms with Crippen LogP contribution in [0.25, 0.3) is 10.9 Å². The second-order valence-corrected chi connectivity index (χ2v) is 3.51. The number of aromatic nitrogens is 1. The van der Waals surface area contributed by atoms with Crippen LogP contribution in [0.15, 0.2) is 34.0 Å². The predicted molar refractivity (Wildman–Crippen MR) is 55.4 cm³/mol. The number of H-pyrrole nitrogens is 1. The van der Waals surface area contributed by atoms with Gasteiger partial charge in [-0.3, -0.25) is 0 Å². The second-order valence-electron chi connectivity index (χ2n) is 2.65. The Hall–Kier alpha value is -1.29. The van der Waals surface area contributed by atoms with Crippen LogP contribution in [0.3, 0.4) is 0 Å². The number of hydrogen-bond acceptors (Lipinski definition) is 2. The van der Waals surface area contributed by atoms with E-state index in [4.69, 9.17) is 5.21 Å². The van der Waals surface area contributed by atoms with Crippen molar-refractivity contribution in [3.8, 4) is 0 Å². The summed E-state index contributed by atoms with van der Waals surface area (Å²) in [5, 5.41) is 12.5. The first-order valence-electron chi connectivity index (χ1n) is 3.76. The fourth-order valence-corrected chi connectivity index (χ4v) is 1.92. The van der Waals surface area contributed by atoms with E-state index in [2.05, 4.69) is 26.1 Å². The monoisotopic (exact) mass is 238 g/mol. The Balaban J connectivity index is 2.78. The average molecular weight is 239 g/mol. The molecular weight excluding hydrogens is 232 g/mol. The molecule has 0 radical (unpaired) electrons. The van der Waals surface area contributed by atoms with Crippen LogP contribution in [0, 0.1) is 0 Å². The largest absolute Gasteiger partial charge is 0.411 e. The van der Waals surface area contributed by atoms with Crippen molar-refractivity contribution in [3.63, 3.8) is 0 Å². The minimum atomic E-state index is 0.866. The van der Waals surface area contributed by atoms with Crippen LogP contribution in [-0.2, 0) is 0 Å². The smallest absolute Gasteiger partial charge is 0.0755 e. The van der Waals surface area contributed by atoms with Crippen molar-refractivity contribution in [2.45, 2.75) is 0 Å². The van der Waals surface area contributed by atoms with E-state index >= 15 is 0 Å². The summed E-state index contributed by atoms with van der Waals surface area (Å²) in [6, 6.07) is 5.86. The molecule has 3 nitrogen and oxygen atoms in total. The summed E-state index contributed by atoms with van der Waals surface area (Å²) in [5.41, 5.74) is 1.88. The SMILES string of the molecule is ON=Cc1c[nH]c2cccc(Br)c12. The lowest BCUT2D eigenvalue weighted by atomic mass is 10.2.